The lowest BCUT2D eigenvalue weighted by Gasteiger charge is -2.21. The second-order valence-electron chi connectivity index (χ2n) is 5.26. The quantitative estimate of drug-likeness (QED) is 0.761. The molecule has 0 saturated carbocycles. The molecule has 0 aliphatic heterocycles. The van der Waals surface area contributed by atoms with Gasteiger partial charge in [-0.1, -0.05) is 6.07 Å². The van der Waals surface area contributed by atoms with Crippen LogP contribution in [0.4, 0.5) is 9.18 Å². The predicted molar refractivity (Wildman–Crippen MR) is 81.5 cm³/mol. The van der Waals surface area contributed by atoms with Gasteiger partial charge in [-0.05, 0) is 36.8 Å². The molecule has 2 rings (SSSR count). The van der Waals surface area contributed by atoms with Crippen molar-refractivity contribution in [3.05, 3.63) is 53.7 Å². The number of halogens is 1. The van der Waals surface area contributed by atoms with E-state index in [-0.39, 0.29) is 18.8 Å². The van der Waals surface area contributed by atoms with Gasteiger partial charge in [0.2, 0.25) is 0 Å². The van der Waals surface area contributed by atoms with E-state index in [2.05, 4.69) is 10.6 Å². The number of hydrogen-bond donors (Lipinski definition) is 3. The maximum absolute atomic E-state index is 13.5. The molecule has 3 N–H and O–H groups in total. The fourth-order valence-electron chi connectivity index (χ4n) is 1.99. The Morgan fingerprint density at radius 3 is 2.78 bits per heavy atom. The molecule has 0 radical (unpaired) electrons. The molecule has 0 fully saturated rings. The summed E-state index contributed by atoms with van der Waals surface area (Å²) in [5, 5.41) is 15.3. The number of rotatable bonds is 6. The van der Waals surface area contributed by atoms with Crippen LogP contribution in [0.2, 0.25) is 0 Å². The lowest BCUT2D eigenvalue weighted by molar-refractivity contribution is 0.0367. The molecule has 6 nitrogen and oxygen atoms in total. The summed E-state index contributed by atoms with van der Waals surface area (Å²) in [7, 11) is 1.38. The van der Waals surface area contributed by atoms with E-state index in [0.717, 1.165) is 0 Å². The van der Waals surface area contributed by atoms with Crippen LogP contribution in [-0.4, -0.2) is 24.8 Å². The summed E-state index contributed by atoms with van der Waals surface area (Å²) in [6, 6.07) is 7.24. The van der Waals surface area contributed by atoms with E-state index in [1.807, 2.05) is 0 Å². The molecule has 0 aliphatic rings. The Balaban J connectivity index is 1.82. The zero-order valence-corrected chi connectivity index (χ0v) is 12.9. The minimum Gasteiger partial charge on any atom is -0.494 e. The van der Waals surface area contributed by atoms with Crippen LogP contribution >= 0.6 is 0 Å². The van der Waals surface area contributed by atoms with E-state index in [0.29, 0.717) is 11.3 Å². The summed E-state index contributed by atoms with van der Waals surface area (Å²) in [6.45, 7) is 1.66. The molecule has 1 heterocycles. The van der Waals surface area contributed by atoms with Crippen LogP contribution in [0.25, 0.3) is 0 Å². The van der Waals surface area contributed by atoms with Crippen LogP contribution in [0.1, 0.15) is 18.2 Å². The first kappa shape index (κ1) is 16.8. The van der Waals surface area contributed by atoms with Crippen LogP contribution in [0, 0.1) is 5.82 Å². The van der Waals surface area contributed by atoms with Crippen LogP contribution in [-0.2, 0) is 12.1 Å². The molecule has 1 aromatic heterocycles. The van der Waals surface area contributed by atoms with Crippen molar-refractivity contribution in [1.29, 1.82) is 0 Å². The van der Waals surface area contributed by atoms with E-state index in [9.17, 15) is 14.3 Å². The van der Waals surface area contributed by atoms with Gasteiger partial charge in [0.15, 0.2) is 11.6 Å². The highest BCUT2D eigenvalue weighted by atomic mass is 19.1. The molecule has 0 spiro atoms. The van der Waals surface area contributed by atoms with Crippen molar-refractivity contribution in [3.8, 4) is 5.75 Å². The van der Waals surface area contributed by atoms with Crippen molar-refractivity contribution in [2.75, 3.05) is 13.7 Å². The van der Waals surface area contributed by atoms with E-state index in [1.54, 1.807) is 18.2 Å². The number of hydrogen-bond acceptors (Lipinski definition) is 4. The normalized spacial score (nSPS) is 13.2. The molecule has 0 aliphatic carbocycles. The largest absolute Gasteiger partial charge is 0.494 e. The summed E-state index contributed by atoms with van der Waals surface area (Å²) >= 11 is 0. The molecular weight excluding hydrogens is 303 g/mol. The minimum absolute atomic E-state index is 0.0245. The van der Waals surface area contributed by atoms with E-state index in [4.69, 9.17) is 9.15 Å². The molecule has 0 saturated heterocycles. The molecule has 1 aromatic carbocycles. The Hall–Kier alpha value is -2.54. The monoisotopic (exact) mass is 322 g/mol. The number of nitrogens with one attached hydrogen (secondary N) is 2. The van der Waals surface area contributed by atoms with Crippen LogP contribution < -0.4 is 15.4 Å². The smallest absolute Gasteiger partial charge is 0.315 e. The fraction of sp³-hybridized carbons (Fsp3) is 0.312. The topological polar surface area (TPSA) is 83.7 Å². The Labute approximate surface area is 133 Å². The van der Waals surface area contributed by atoms with Gasteiger partial charge in [0.05, 0.1) is 19.9 Å². The molecule has 23 heavy (non-hydrogen) atoms. The van der Waals surface area contributed by atoms with Crippen LogP contribution in [0.15, 0.2) is 41.0 Å². The third kappa shape index (κ3) is 4.46. The van der Waals surface area contributed by atoms with Gasteiger partial charge < -0.3 is 24.9 Å². The van der Waals surface area contributed by atoms with Gasteiger partial charge >= 0.3 is 6.03 Å². The second kappa shape index (κ2) is 7.15. The Morgan fingerprint density at radius 2 is 2.17 bits per heavy atom. The third-order valence-corrected chi connectivity index (χ3v) is 3.31. The summed E-state index contributed by atoms with van der Waals surface area (Å²) in [4.78, 5) is 11.8. The lowest BCUT2D eigenvalue weighted by atomic mass is 10.0. The standard InChI is InChI=1S/C16H19FN2O4/c1-16(21,14-4-3-7-23-14)10-19-15(20)18-9-11-5-6-13(22-2)12(17)8-11/h3-8,21H,9-10H2,1-2H3,(H2,18,19,20). The number of carbonyl (C=O) groups excluding carboxylic acids is 1. The first-order chi connectivity index (χ1) is 10.9. The van der Waals surface area contributed by atoms with Gasteiger partial charge in [-0.15, -0.1) is 0 Å². The van der Waals surface area contributed by atoms with Crippen molar-refractivity contribution in [2.45, 2.75) is 19.1 Å². The lowest BCUT2D eigenvalue weighted by Crippen LogP contribution is -2.43. The Morgan fingerprint density at radius 1 is 1.39 bits per heavy atom. The third-order valence-electron chi connectivity index (χ3n) is 3.31. The first-order valence-electron chi connectivity index (χ1n) is 7.03. The molecule has 2 aromatic rings. The molecule has 0 bridgehead atoms. The number of carbonyl (C=O) groups is 1. The van der Waals surface area contributed by atoms with Gasteiger partial charge in [0.25, 0.3) is 0 Å². The number of ether oxygens (including phenoxy) is 1. The second-order valence-corrected chi connectivity index (χ2v) is 5.26. The Kier molecular flexibility index (Phi) is 5.23. The molecule has 124 valence electrons. The van der Waals surface area contributed by atoms with Crippen molar-refractivity contribution in [1.82, 2.24) is 10.6 Å². The van der Waals surface area contributed by atoms with Crippen LogP contribution in [0.3, 0.4) is 0 Å². The highest BCUT2D eigenvalue weighted by Crippen LogP contribution is 2.20. The summed E-state index contributed by atoms with van der Waals surface area (Å²) in [5.74, 6) is 0.00989. The van der Waals surface area contributed by atoms with Gasteiger partial charge in [0.1, 0.15) is 11.4 Å². The van der Waals surface area contributed by atoms with Gasteiger partial charge in [-0.25, -0.2) is 9.18 Å². The molecule has 2 amide bonds. The average Bonchev–Trinajstić information content (AvgIpc) is 3.06. The van der Waals surface area contributed by atoms with E-state index < -0.39 is 17.4 Å². The minimum atomic E-state index is -1.31. The SMILES string of the molecule is COc1ccc(CNC(=O)NCC(C)(O)c2ccco2)cc1F. The number of urea groups is 1. The maximum atomic E-state index is 13.5. The van der Waals surface area contributed by atoms with Crippen LogP contribution in [0.5, 0.6) is 5.75 Å². The summed E-state index contributed by atoms with van der Waals surface area (Å²) in [5.41, 5.74) is -0.719. The summed E-state index contributed by atoms with van der Waals surface area (Å²) in [6.07, 6.45) is 1.45. The van der Waals surface area contributed by atoms with Gasteiger partial charge in [-0.3, -0.25) is 0 Å². The number of aliphatic hydroxyl groups is 1. The highest BCUT2D eigenvalue weighted by molar-refractivity contribution is 5.73. The van der Waals surface area contributed by atoms with Crippen molar-refractivity contribution < 1.29 is 23.4 Å². The fourth-order valence-corrected chi connectivity index (χ4v) is 1.99. The first-order valence-corrected chi connectivity index (χ1v) is 7.03. The highest BCUT2D eigenvalue weighted by Gasteiger charge is 2.26. The van der Waals surface area contributed by atoms with E-state index in [1.165, 1.54) is 32.4 Å². The number of benzene rings is 1. The molecule has 1 atom stereocenters. The average molecular weight is 322 g/mol. The molecular formula is C16H19FN2O4. The zero-order chi connectivity index (χ0) is 16.9. The number of methoxy groups -OCH3 is 1. The van der Waals surface area contributed by atoms with Gasteiger partial charge in [-0.2, -0.15) is 0 Å². The van der Waals surface area contributed by atoms with Crippen molar-refractivity contribution in [3.63, 3.8) is 0 Å². The number of amides is 2. The zero-order valence-electron chi connectivity index (χ0n) is 12.9. The van der Waals surface area contributed by atoms with Crippen molar-refractivity contribution >= 4 is 6.03 Å². The number of furan rings is 1. The predicted octanol–water partition coefficient (Wildman–Crippen LogP) is 2.13. The summed E-state index contributed by atoms with van der Waals surface area (Å²) < 4.78 is 23.5. The Bertz CT molecular complexity index is 656. The van der Waals surface area contributed by atoms with Crippen molar-refractivity contribution in [2.24, 2.45) is 0 Å². The maximum Gasteiger partial charge on any atom is 0.315 e. The molecule has 1 unspecified atom stereocenters. The van der Waals surface area contributed by atoms with Gasteiger partial charge in [0, 0.05) is 6.54 Å². The molecule has 7 heteroatoms. The van der Waals surface area contributed by atoms with E-state index >= 15 is 0 Å².